The minimum absolute atomic E-state index is 0.0523. The van der Waals surface area contributed by atoms with Gasteiger partial charge in [-0.1, -0.05) is 0 Å². The number of nitrogens with zero attached hydrogens (tertiary/aromatic N) is 1. The molecule has 0 aliphatic heterocycles. The molecule has 0 radical (unpaired) electrons. The van der Waals surface area contributed by atoms with Crippen molar-refractivity contribution in [1.29, 1.82) is 0 Å². The summed E-state index contributed by atoms with van der Waals surface area (Å²) in [5.74, 6) is 0.0107. The van der Waals surface area contributed by atoms with Crippen LogP contribution in [-0.4, -0.2) is 23.2 Å². The summed E-state index contributed by atoms with van der Waals surface area (Å²) in [5, 5.41) is 2.51. The molecule has 0 bridgehead atoms. The van der Waals surface area contributed by atoms with Crippen LogP contribution in [0.3, 0.4) is 0 Å². The van der Waals surface area contributed by atoms with Crippen molar-refractivity contribution in [2.45, 2.75) is 13.1 Å². The molecule has 1 heterocycles. The maximum Gasteiger partial charge on any atom is 0.433 e. The molecule has 1 rings (SSSR count). The molecule has 0 fully saturated rings. The zero-order valence-corrected chi connectivity index (χ0v) is 9.90. The Morgan fingerprint density at radius 2 is 2.12 bits per heavy atom. The van der Waals surface area contributed by atoms with Crippen LogP contribution in [0.1, 0.15) is 21.7 Å². The van der Waals surface area contributed by atoms with Gasteiger partial charge in [0.1, 0.15) is 5.69 Å². The lowest BCUT2D eigenvalue weighted by atomic mass is 10.1. The number of nitrogens with one attached hydrogen (secondary N) is 1. The average molecular weight is 264 g/mol. The molecule has 0 aliphatic carbocycles. The van der Waals surface area contributed by atoms with Gasteiger partial charge in [0.15, 0.2) is 0 Å². The van der Waals surface area contributed by atoms with Crippen LogP contribution in [0.2, 0.25) is 0 Å². The van der Waals surface area contributed by atoms with Crippen molar-refractivity contribution in [3.8, 4) is 0 Å². The Kier molecular flexibility index (Phi) is 4.39. The van der Waals surface area contributed by atoms with Crippen molar-refractivity contribution >= 4 is 18.5 Å². The standard InChI is InChI=1S/C10H11F3N2OS/c1-6-7(9(16)14-4-5-17)2-3-8(15-6)10(11,12)13/h2-3,17H,4-5H2,1H3,(H,14,16). The number of pyridine rings is 1. The Bertz CT molecular complexity index is 421. The Balaban J connectivity index is 2.94. The molecule has 1 N–H and O–H groups in total. The zero-order valence-electron chi connectivity index (χ0n) is 9.01. The van der Waals surface area contributed by atoms with Gasteiger partial charge in [0.2, 0.25) is 0 Å². The molecule has 7 heteroatoms. The van der Waals surface area contributed by atoms with E-state index >= 15 is 0 Å². The summed E-state index contributed by atoms with van der Waals surface area (Å²) in [5.41, 5.74) is -0.808. The number of aromatic nitrogens is 1. The number of carbonyl (C=O) groups is 1. The van der Waals surface area contributed by atoms with E-state index in [1.165, 1.54) is 6.92 Å². The third-order valence-electron chi connectivity index (χ3n) is 2.02. The lowest BCUT2D eigenvalue weighted by molar-refractivity contribution is -0.141. The molecule has 1 amide bonds. The van der Waals surface area contributed by atoms with E-state index in [2.05, 4.69) is 22.9 Å². The molecule has 0 spiro atoms. The van der Waals surface area contributed by atoms with Gasteiger partial charge in [-0.3, -0.25) is 4.79 Å². The van der Waals surface area contributed by atoms with Gasteiger partial charge in [-0.05, 0) is 19.1 Å². The number of rotatable bonds is 3. The van der Waals surface area contributed by atoms with E-state index in [-0.39, 0.29) is 11.3 Å². The maximum absolute atomic E-state index is 12.3. The predicted octanol–water partition coefficient (Wildman–Crippen LogP) is 2.07. The molecule has 1 aromatic heterocycles. The van der Waals surface area contributed by atoms with Crippen LogP contribution in [0, 0.1) is 6.92 Å². The molecule has 0 aliphatic rings. The first-order valence-corrected chi connectivity index (χ1v) is 5.43. The minimum Gasteiger partial charge on any atom is -0.351 e. The van der Waals surface area contributed by atoms with Crippen LogP contribution in [0.15, 0.2) is 12.1 Å². The SMILES string of the molecule is Cc1nc(C(F)(F)F)ccc1C(=O)NCCS. The van der Waals surface area contributed by atoms with Crippen LogP contribution in [0.25, 0.3) is 0 Å². The first-order chi connectivity index (χ1) is 7.86. The number of thiol groups is 1. The highest BCUT2D eigenvalue weighted by Crippen LogP contribution is 2.28. The topological polar surface area (TPSA) is 42.0 Å². The number of alkyl halides is 3. The number of hydrogen-bond donors (Lipinski definition) is 2. The molecule has 0 aromatic carbocycles. The largest absolute Gasteiger partial charge is 0.433 e. The van der Waals surface area contributed by atoms with E-state index < -0.39 is 17.8 Å². The van der Waals surface area contributed by atoms with Gasteiger partial charge in [0.05, 0.1) is 11.3 Å². The highest BCUT2D eigenvalue weighted by Gasteiger charge is 2.32. The molecule has 94 valence electrons. The molecule has 0 saturated heterocycles. The normalized spacial score (nSPS) is 11.4. The molecule has 0 saturated carbocycles. The molecule has 1 aromatic rings. The fourth-order valence-corrected chi connectivity index (χ4v) is 1.34. The lowest BCUT2D eigenvalue weighted by Crippen LogP contribution is -2.26. The van der Waals surface area contributed by atoms with Crippen molar-refractivity contribution in [1.82, 2.24) is 10.3 Å². The van der Waals surface area contributed by atoms with Crippen molar-refractivity contribution in [2.24, 2.45) is 0 Å². The Hall–Kier alpha value is -1.24. The van der Waals surface area contributed by atoms with E-state index in [1.54, 1.807) is 0 Å². The van der Waals surface area contributed by atoms with Crippen LogP contribution in [-0.2, 0) is 6.18 Å². The number of amides is 1. The van der Waals surface area contributed by atoms with Crippen molar-refractivity contribution in [2.75, 3.05) is 12.3 Å². The summed E-state index contributed by atoms with van der Waals surface area (Å²) in [6.07, 6.45) is -4.50. The summed E-state index contributed by atoms with van der Waals surface area (Å²) in [6, 6.07) is 1.92. The third-order valence-corrected chi connectivity index (χ3v) is 2.24. The Labute approximate surface area is 102 Å². The first-order valence-electron chi connectivity index (χ1n) is 4.80. The van der Waals surface area contributed by atoms with Crippen LogP contribution in [0.4, 0.5) is 13.2 Å². The van der Waals surface area contributed by atoms with E-state index in [0.717, 1.165) is 12.1 Å². The van der Waals surface area contributed by atoms with Gasteiger partial charge in [0.25, 0.3) is 5.91 Å². The van der Waals surface area contributed by atoms with E-state index in [1.807, 2.05) is 0 Å². The van der Waals surface area contributed by atoms with E-state index in [4.69, 9.17) is 0 Å². The third kappa shape index (κ3) is 3.62. The van der Waals surface area contributed by atoms with Gasteiger partial charge < -0.3 is 5.32 Å². The second kappa shape index (κ2) is 5.39. The summed E-state index contributed by atoms with van der Waals surface area (Å²) in [7, 11) is 0. The summed E-state index contributed by atoms with van der Waals surface area (Å²) < 4.78 is 37.0. The molecular weight excluding hydrogens is 253 g/mol. The van der Waals surface area contributed by atoms with Gasteiger partial charge in [0, 0.05) is 12.3 Å². The monoisotopic (exact) mass is 264 g/mol. The number of hydrogen-bond acceptors (Lipinski definition) is 3. The van der Waals surface area contributed by atoms with Gasteiger partial charge in [-0.25, -0.2) is 4.98 Å². The average Bonchev–Trinajstić information content (AvgIpc) is 2.24. The zero-order chi connectivity index (χ0) is 13.1. The molecule has 0 unspecified atom stereocenters. The van der Waals surface area contributed by atoms with E-state index in [9.17, 15) is 18.0 Å². The summed E-state index contributed by atoms with van der Waals surface area (Å²) in [6.45, 7) is 1.72. The van der Waals surface area contributed by atoms with Gasteiger partial charge in [-0.2, -0.15) is 25.8 Å². The highest BCUT2D eigenvalue weighted by molar-refractivity contribution is 7.80. The van der Waals surface area contributed by atoms with Crippen LogP contribution in [0.5, 0.6) is 0 Å². The van der Waals surface area contributed by atoms with Crippen molar-refractivity contribution in [3.63, 3.8) is 0 Å². The number of halogens is 3. The van der Waals surface area contributed by atoms with Crippen LogP contribution >= 0.6 is 12.6 Å². The Morgan fingerprint density at radius 1 is 1.47 bits per heavy atom. The van der Waals surface area contributed by atoms with Crippen LogP contribution < -0.4 is 5.32 Å². The van der Waals surface area contributed by atoms with Crippen molar-refractivity contribution < 1.29 is 18.0 Å². The Morgan fingerprint density at radius 3 is 2.59 bits per heavy atom. The smallest absolute Gasteiger partial charge is 0.351 e. The summed E-state index contributed by atoms with van der Waals surface area (Å²) >= 11 is 3.91. The quantitative estimate of drug-likeness (QED) is 0.821. The highest BCUT2D eigenvalue weighted by atomic mass is 32.1. The van der Waals surface area contributed by atoms with Gasteiger partial charge in [-0.15, -0.1) is 0 Å². The predicted molar refractivity (Wildman–Crippen MR) is 60.2 cm³/mol. The van der Waals surface area contributed by atoms with Gasteiger partial charge >= 0.3 is 6.18 Å². The minimum atomic E-state index is -4.50. The van der Waals surface area contributed by atoms with E-state index in [0.29, 0.717) is 12.3 Å². The number of carbonyl (C=O) groups excluding carboxylic acids is 1. The fraction of sp³-hybridized carbons (Fsp3) is 0.400. The molecule has 3 nitrogen and oxygen atoms in total. The number of aryl methyl sites for hydroxylation is 1. The second-order valence-corrected chi connectivity index (χ2v) is 3.75. The fourth-order valence-electron chi connectivity index (χ4n) is 1.22. The molecule has 0 atom stereocenters. The molecule has 17 heavy (non-hydrogen) atoms. The lowest BCUT2D eigenvalue weighted by Gasteiger charge is -2.09. The summed E-state index contributed by atoms with van der Waals surface area (Å²) in [4.78, 5) is 14.9. The second-order valence-electron chi connectivity index (χ2n) is 3.31. The van der Waals surface area contributed by atoms with Crippen molar-refractivity contribution in [3.05, 3.63) is 29.1 Å². The molecular formula is C10H11F3N2OS. The maximum atomic E-state index is 12.3. The first kappa shape index (κ1) is 13.8.